The Labute approximate surface area is 434 Å². The molecule has 0 radical (unpaired) electrons. The monoisotopic (exact) mass is 979 g/mol. The van der Waals surface area contributed by atoms with E-state index in [-0.39, 0.29) is 31.1 Å². The Balaban J connectivity index is 4.25. The third kappa shape index (κ3) is 56.0. The van der Waals surface area contributed by atoms with Gasteiger partial charge in [-0.05, 0) is 83.5 Å². The normalized spacial score (nSPS) is 12.4. The molecule has 0 N–H and O–H groups in total. The van der Waals surface area contributed by atoms with Crippen molar-refractivity contribution < 1.29 is 28.6 Å². The smallest absolute Gasteiger partial charge is 0.306 e. The first-order valence-corrected chi connectivity index (χ1v) is 30.3. The van der Waals surface area contributed by atoms with Gasteiger partial charge in [-0.2, -0.15) is 0 Å². The maximum atomic E-state index is 12.9. The van der Waals surface area contributed by atoms with E-state index in [2.05, 4.69) is 81.5 Å². The Hall–Kier alpha value is -2.89. The van der Waals surface area contributed by atoms with E-state index in [0.717, 1.165) is 89.9 Å². The Bertz CT molecular complexity index is 1260. The van der Waals surface area contributed by atoms with Crippen molar-refractivity contribution in [3.05, 3.63) is 60.8 Å². The summed E-state index contributed by atoms with van der Waals surface area (Å²) in [4.78, 5) is 38.2. The van der Waals surface area contributed by atoms with Gasteiger partial charge in [0.1, 0.15) is 13.2 Å². The zero-order valence-corrected chi connectivity index (χ0v) is 46.5. The van der Waals surface area contributed by atoms with Crippen molar-refractivity contribution in [2.24, 2.45) is 0 Å². The van der Waals surface area contributed by atoms with E-state index in [1.54, 1.807) is 0 Å². The van der Waals surface area contributed by atoms with Gasteiger partial charge < -0.3 is 14.2 Å². The standard InChI is InChI=1S/C64H114O6/c1-4-7-10-13-16-19-22-24-26-28-29-30-31-32-33-34-35-36-38-39-42-45-48-51-54-57-63(66)69-60-61(59-68-62(65)56-53-50-47-44-41-21-18-15-12-9-6-3)70-64(67)58-55-52-49-46-43-40-37-27-25-23-20-17-14-11-8-5-2/h7,10,16,19,24,26-27,29-30,37,61H,4-6,8-9,11-15,17-18,20-23,25,28,31-36,38-60H2,1-3H3/b10-7-,19-16-,26-24-,30-29-,37-27-. The van der Waals surface area contributed by atoms with Crippen molar-refractivity contribution in [2.75, 3.05) is 13.2 Å². The van der Waals surface area contributed by atoms with Gasteiger partial charge in [0.05, 0.1) is 0 Å². The third-order valence-electron chi connectivity index (χ3n) is 13.3. The fraction of sp³-hybridized carbons (Fsp3) is 0.797. The molecule has 6 nitrogen and oxygen atoms in total. The molecular formula is C64H114O6. The minimum atomic E-state index is -0.776. The highest BCUT2D eigenvalue weighted by Crippen LogP contribution is 2.16. The fourth-order valence-corrected chi connectivity index (χ4v) is 8.72. The number of esters is 3. The van der Waals surface area contributed by atoms with Crippen molar-refractivity contribution in [1.29, 1.82) is 0 Å². The van der Waals surface area contributed by atoms with Crippen molar-refractivity contribution in [3.63, 3.8) is 0 Å². The van der Waals surface area contributed by atoms with Crippen LogP contribution in [0.2, 0.25) is 0 Å². The maximum absolute atomic E-state index is 12.9. The van der Waals surface area contributed by atoms with Crippen LogP contribution in [0.3, 0.4) is 0 Å². The van der Waals surface area contributed by atoms with Gasteiger partial charge >= 0.3 is 17.9 Å². The van der Waals surface area contributed by atoms with Crippen LogP contribution in [-0.2, 0) is 28.6 Å². The fourth-order valence-electron chi connectivity index (χ4n) is 8.72. The van der Waals surface area contributed by atoms with E-state index < -0.39 is 6.10 Å². The lowest BCUT2D eigenvalue weighted by Crippen LogP contribution is -2.30. The number of allylic oxidation sites excluding steroid dienone is 10. The molecule has 0 heterocycles. The molecule has 0 amide bonds. The topological polar surface area (TPSA) is 78.9 Å². The molecule has 0 aliphatic carbocycles. The summed E-state index contributed by atoms with van der Waals surface area (Å²) in [5.74, 6) is -0.871. The molecule has 1 unspecified atom stereocenters. The second kappa shape index (κ2) is 58.7. The van der Waals surface area contributed by atoms with E-state index in [1.165, 1.54) is 180 Å². The van der Waals surface area contributed by atoms with Gasteiger partial charge in [-0.3, -0.25) is 14.4 Å². The Kier molecular flexibility index (Phi) is 56.3. The van der Waals surface area contributed by atoms with Crippen LogP contribution < -0.4 is 0 Å². The predicted molar refractivity (Wildman–Crippen MR) is 302 cm³/mol. The predicted octanol–water partition coefficient (Wildman–Crippen LogP) is 20.4. The molecule has 0 saturated heterocycles. The zero-order valence-electron chi connectivity index (χ0n) is 46.5. The van der Waals surface area contributed by atoms with E-state index >= 15 is 0 Å². The lowest BCUT2D eigenvalue weighted by atomic mass is 10.0. The molecular weight excluding hydrogens is 865 g/mol. The van der Waals surface area contributed by atoms with Crippen molar-refractivity contribution >= 4 is 17.9 Å². The van der Waals surface area contributed by atoms with Crippen LogP contribution in [0.4, 0.5) is 0 Å². The summed E-state index contributed by atoms with van der Waals surface area (Å²) < 4.78 is 16.9. The van der Waals surface area contributed by atoms with Crippen molar-refractivity contribution in [1.82, 2.24) is 0 Å². The SMILES string of the molecule is CC/C=C\C/C=C\C/C=C\C/C=C\CCCCCCCCCCCCCCC(=O)OCC(COC(=O)CCCCCCCCCCCCC)OC(=O)CCCCCCC/C=C\CCCCCCCCC. The summed E-state index contributed by atoms with van der Waals surface area (Å²) in [6, 6.07) is 0. The number of unbranched alkanes of at least 4 members (excludes halogenated alkanes) is 34. The third-order valence-corrected chi connectivity index (χ3v) is 13.3. The summed E-state index contributed by atoms with van der Waals surface area (Å²) in [7, 11) is 0. The van der Waals surface area contributed by atoms with Crippen LogP contribution in [0.15, 0.2) is 60.8 Å². The van der Waals surface area contributed by atoms with Crippen LogP contribution in [0, 0.1) is 0 Å². The molecule has 6 heteroatoms. The molecule has 0 aromatic heterocycles. The summed E-state index contributed by atoms with van der Waals surface area (Å²) >= 11 is 0. The maximum Gasteiger partial charge on any atom is 0.306 e. The summed E-state index contributed by atoms with van der Waals surface area (Å²) in [5.41, 5.74) is 0. The molecule has 0 aliphatic heterocycles. The van der Waals surface area contributed by atoms with E-state index in [9.17, 15) is 14.4 Å². The van der Waals surface area contributed by atoms with Crippen LogP contribution in [0.1, 0.15) is 310 Å². The summed E-state index contributed by atoms with van der Waals surface area (Å²) in [5, 5.41) is 0. The van der Waals surface area contributed by atoms with E-state index in [1.807, 2.05) is 0 Å². The minimum absolute atomic E-state index is 0.0744. The second-order valence-corrected chi connectivity index (χ2v) is 20.2. The average Bonchev–Trinajstić information content (AvgIpc) is 3.36. The van der Waals surface area contributed by atoms with Gasteiger partial charge in [0.15, 0.2) is 6.10 Å². The van der Waals surface area contributed by atoms with Crippen LogP contribution in [-0.4, -0.2) is 37.2 Å². The first-order chi connectivity index (χ1) is 34.5. The largest absolute Gasteiger partial charge is 0.462 e. The molecule has 0 saturated carbocycles. The first-order valence-electron chi connectivity index (χ1n) is 30.3. The molecule has 406 valence electrons. The Morgan fingerprint density at radius 2 is 0.557 bits per heavy atom. The first kappa shape index (κ1) is 67.1. The number of carbonyl (C=O) groups is 3. The molecule has 0 fully saturated rings. The number of ether oxygens (including phenoxy) is 3. The van der Waals surface area contributed by atoms with Crippen LogP contribution in [0.5, 0.6) is 0 Å². The van der Waals surface area contributed by atoms with Gasteiger partial charge in [0.25, 0.3) is 0 Å². The molecule has 0 bridgehead atoms. The van der Waals surface area contributed by atoms with E-state index in [0.29, 0.717) is 19.3 Å². The van der Waals surface area contributed by atoms with Gasteiger partial charge in [0, 0.05) is 19.3 Å². The average molecular weight is 980 g/mol. The van der Waals surface area contributed by atoms with Crippen molar-refractivity contribution in [3.8, 4) is 0 Å². The summed E-state index contributed by atoms with van der Waals surface area (Å²) in [6.45, 7) is 6.54. The molecule has 0 aliphatic rings. The van der Waals surface area contributed by atoms with Gasteiger partial charge in [-0.1, -0.05) is 268 Å². The molecule has 1 atom stereocenters. The second-order valence-electron chi connectivity index (χ2n) is 20.2. The number of hydrogen-bond donors (Lipinski definition) is 0. The lowest BCUT2D eigenvalue weighted by Gasteiger charge is -2.18. The summed E-state index contributed by atoms with van der Waals surface area (Å²) in [6.07, 6.45) is 73.6. The highest BCUT2D eigenvalue weighted by Gasteiger charge is 2.19. The van der Waals surface area contributed by atoms with Crippen molar-refractivity contribution in [2.45, 2.75) is 316 Å². The Morgan fingerprint density at radius 1 is 0.300 bits per heavy atom. The molecule has 0 aromatic rings. The van der Waals surface area contributed by atoms with Crippen LogP contribution >= 0.6 is 0 Å². The lowest BCUT2D eigenvalue weighted by molar-refractivity contribution is -0.167. The van der Waals surface area contributed by atoms with Gasteiger partial charge in [-0.25, -0.2) is 0 Å². The van der Waals surface area contributed by atoms with E-state index in [4.69, 9.17) is 14.2 Å². The highest BCUT2D eigenvalue weighted by molar-refractivity contribution is 5.71. The Morgan fingerprint density at radius 3 is 0.886 bits per heavy atom. The zero-order chi connectivity index (χ0) is 50.7. The highest BCUT2D eigenvalue weighted by atomic mass is 16.6. The molecule has 0 spiro atoms. The number of hydrogen-bond acceptors (Lipinski definition) is 6. The van der Waals surface area contributed by atoms with Crippen LogP contribution in [0.25, 0.3) is 0 Å². The molecule has 0 aromatic carbocycles. The quantitative estimate of drug-likeness (QED) is 0.0261. The number of carbonyl (C=O) groups excluding carboxylic acids is 3. The molecule has 0 rings (SSSR count). The molecule has 70 heavy (non-hydrogen) atoms. The van der Waals surface area contributed by atoms with Gasteiger partial charge in [0.2, 0.25) is 0 Å². The number of rotatable bonds is 55. The van der Waals surface area contributed by atoms with Gasteiger partial charge in [-0.15, -0.1) is 0 Å². The minimum Gasteiger partial charge on any atom is -0.462 e.